The number of hydrogen-bond donors (Lipinski definition) is 3. The third-order valence-electron chi connectivity index (χ3n) is 6.01. The van der Waals surface area contributed by atoms with Crippen molar-refractivity contribution in [3.8, 4) is 0 Å². The van der Waals surface area contributed by atoms with Gasteiger partial charge >= 0.3 is 6.03 Å². The fourth-order valence-electron chi connectivity index (χ4n) is 4.23. The zero-order valence-corrected chi connectivity index (χ0v) is 18.0. The number of carbonyl (C=O) groups excluding carboxylic acids is 1. The van der Waals surface area contributed by atoms with E-state index < -0.39 is 6.10 Å². The molecule has 1 aromatic carbocycles. The molecule has 166 valence electrons. The minimum absolute atomic E-state index is 0.109. The molecule has 9 nitrogen and oxygen atoms in total. The smallest absolute Gasteiger partial charge is 0.330 e. The first kappa shape index (κ1) is 21.5. The van der Waals surface area contributed by atoms with Crippen LogP contribution in [-0.4, -0.2) is 76.5 Å². The van der Waals surface area contributed by atoms with Crippen molar-refractivity contribution < 1.29 is 15.0 Å². The molecule has 9 heteroatoms. The molecule has 2 aliphatic rings. The third kappa shape index (κ3) is 4.63. The van der Waals surface area contributed by atoms with Crippen molar-refractivity contribution in [2.24, 2.45) is 0 Å². The topological polar surface area (TPSA) is 105 Å². The predicted molar refractivity (Wildman–Crippen MR) is 119 cm³/mol. The number of urea groups is 1. The number of nitrogens with zero attached hydrogens (tertiary/aromatic N) is 5. The van der Waals surface area contributed by atoms with E-state index in [1.807, 2.05) is 31.2 Å². The second-order valence-electron chi connectivity index (χ2n) is 8.31. The Balaban J connectivity index is 1.43. The minimum atomic E-state index is -0.694. The van der Waals surface area contributed by atoms with Crippen LogP contribution < -0.4 is 15.1 Å². The molecule has 0 radical (unpaired) electrons. The number of anilines is 3. The van der Waals surface area contributed by atoms with Crippen LogP contribution in [0.4, 0.5) is 22.2 Å². The number of fused-ring (bicyclic) bond motifs is 1. The number of hydrogen-bond acceptors (Lipinski definition) is 7. The van der Waals surface area contributed by atoms with Gasteiger partial charge in [-0.25, -0.2) is 9.78 Å². The van der Waals surface area contributed by atoms with E-state index in [1.165, 1.54) is 0 Å². The van der Waals surface area contributed by atoms with Crippen LogP contribution >= 0.6 is 0 Å². The number of likely N-dealkylation sites (tertiary alicyclic amines) is 1. The van der Waals surface area contributed by atoms with Gasteiger partial charge in [0.05, 0.1) is 19.3 Å². The Bertz CT molecular complexity index is 931. The summed E-state index contributed by atoms with van der Waals surface area (Å²) in [5.74, 6) is 1.16. The van der Waals surface area contributed by atoms with Gasteiger partial charge in [0.2, 0.25) is 5.95 Å². The van der Waals surface area contributed by atoms with Gasteiger partial charge in [0, 0.05) is 50.2 Å². The van der Waals surface area contributed by atoms with E-state index in [0.717, 1.165) is 42.7 Å². The number of para-hydroxylation sites is 1. The van der Waals surface area contributed by atoms with E-state index >= 15 is 0 Å². The number of amides is 2. The normalized spacial score (nSPS) is 18.8. The molecule has 0 spiro atoms. The summed E-state index contributed by atoms with van der Waals surface area (Å²) < 4.78 is 0. The maximum atomic E-state index is 13.0. The van der Waals surface area contributed by atoms with Crippen LogP contribution in [0.25, 0.3) is 0 Å². The highest BCUT2D eigenvalue weighted by atomic mass is 16.3. The molecule has 3 heterocycles. The van der Waals surface area contributed by atoms with Gasteiger partial charge in [-0.3, -0.25) is 9.80 Å². The Morgan fingerprint density at radius 2 is 2.00 bits per heavy atom. The van der Waals surface area contributed by atoms with Gasteiger partial charge in [-0.1, -0.05) is 18.2 Å². The zero-order chi connectivity index (χ0) is 22.0. The number of piperidine rings is 1. The van der Waals surface area contributed by atoms with E-state index in [2.05, 4.69) is 20.2 Å². The number of aromatic nitrogens is 2. The molecule has 1 atom stereocenters. The van der Waals surface area contributed by atoms with Crippen LogP contribution in [0, 0.1) is 6.92 Å². The van der Waals surface area contributed by atoms with Crippen molar-refractivity contribution in [1.29, 1.82) is 0 Å². The van der Waals surface area contributed by atoms with Gasteiger partial charge in [0.15, 0.2) is 0 Å². The first-order valence-corrected chi connectivity index (χ1v) is 10.7. The van der Waals surface area contributed by atoms with Crippen molar-refractivity contribution in [1.82, 2.24) is 14.9 Å². The fourth-order valence-corrected chi connectivity index (χ4v) is 4.23. The van der Waals surface area contributed by atoms with Crippen molar-refractivity contribution in [3.63, 3.8) is 0 Å². The number of nitrogens with one attached hydrogen (secondary N) is 1. The number of rotatable bonds is 6. The van der Waals surface area contributed by atoms with Crippen molar-refractivity contribution in [3.05, 3.63) is 41.6 Å². The summed E-state index contributed by atoms with van der Waals surface area (Å²) >= 11 is 0. The lowest BCUT2D eigenvalue weighted by Crippen LogP contribution is -2.46. The third-order valence-corrected chi connectivity index (χ3v) is 6.01. The summed E-state index contributed by atoms with van der Waals surface area (Å²) in [6.07, 6.45) is 2.90. The number of β-amino-alcohol motifs (C(OH)–C–C–N with tert-alkyl or cyclic N) is 1. The van der Waals surface area contributed by atoms with E-state index in [1.54, 1.807) is 23.0 Å². The van der Waals surface area contributed by atoms with Gasteiger partial charge in [-0.05, 0) is 31.4 Å². The molecular formula is C22H30N6O3. The molecule has 4 rings (SSSR count). The Morgan fingerprint density at radius 3 is 2.71 bits per heavy atom. The Kier molecular flexibility index (Phi) is 6.35. The largest absolute Gasteiger partial charge is 0.394 e. The minimum Gasteiger partial charge on any atom is -0.394 e. The summed E-state index contributed by atoms with van der Waals surface area (Å²) in [6.45, 7) is 4.39. The van der Waals surface area contributed by atoms with Crippen molar-refractivity contribution in [2.75, 3.05) is 48.4 Å². The fraction of sp³-hybridized carbons (Fsp3) is 0.500. The summed E-state index contributed by atoms with van der Waals surface area (Å²) in [7, 11) is 1.74. The summed E-state index contributed by atoms with van der Waals surface area (Å²) in [5.41, 5.74) is 2.85. The number of aryl methyl sites for hydroxylation is 1. The Hall–Kier alpha value is -2.75. The van der Waals surface area contributed by atoms with Gasteiger partial charge < -0.3 is 20.4 Å². The summed E-state index contributed by atoms with van der Waals surface area (Å²) in [6, 6.07) is 7.97. The molecule has 1 saturated heterocycles. The molecule has 0 unspecified atom stereocenters. The maximum Gasteiger partial charge on any atom is 0.330 e. The van der Waals surface area contributed by atoms with Crippen LogP contribution in [0.1, 0.15) is 24.0 Å². The highest BCUT2D eigenvalue weighted by Gasteiger charge is 2.31. The molecule has 2 amide bonds. The number of aliphatic hydroxyl groups excluding tert-OH is 2. The lowest BCUT2D eigenvalue weighted by atomic mass is 10.0. The Morgan fingerprint density at radius 1 is 1.26 bits per heavy atom. The van der Waals surface area contributed by atoms with E-state index in [4.69, 9.17) is 5.11 Å². The van der Waals surface area contributed by atoms with Crippen LogP contribution in [-0.2, 0) is 6.54 Å². The standard InChI is InChI=1S/C22H30N6O3/c1-15-5-3-4-6-19(15)28-12-16-11-23-21(25-20(16)26(2)22(28)31)24-17-7-9-27(10-8-17)13-18(30)14-29/h3-6,11,17-18,29-30H,7-10,12-14H2,1-2H3,(H,23,24,25)/t18-/m1/s1. The first-order chi connectivity index (χ1) is 15.0. The second-order valence-corrected chi connectivity index (χ2v) is 8.31. The molecule has 1 aromatic heterocycles. The summed E-state index contributed by atoms with van der Waals surface area (Å²) in [4.78, 5) is 27.6. The van der Waals surface area contributed by atoms with E-state index in [0.29, 0.717) is 24.9 Å². The van der Waals surface area contributed by atoms with Crippen molar-refractivity contribution in [2.45, 2.75) is 38.5 Å². The molecule has 0 bridgehead atoms. The average molecular weight is 427 g/mol. The molecule has 2 aromatic rings. The van der Waals surface area contributed by atoms with Gasteiger partial charge in [-0.2, -0.15) is 4.98 Å². The molecule has 0 saturated carbocycles. The monoisotopic (exact) mass is 426 g/mol. The average Bonchev–Trinajstić information content (AvgIpc) is 2.78. The van der Waals surface area contributed by atoms with Gasteiger partial charge in [-0.15, -0.1) is 0 Å². The van der Waals surface area contributed by atoms with E-state index in [9.17, 15) is 9.90 Å². The van der Waals surface area contributed by atoms with Crippen LogP contribution in [0.3, 0.4) is 0 Å². The van der Waals surface area contributed by atoms with Crippen LogP contribution in [0.2, 0.25) is 0 Å². The number of benzene rings is 1. The van der Waals surface area contributed by atoms with Gasteiger partial charge in [0.25, 0.3) is 0 Å². The van der Waals surface area contributed by atoms with E-state index in [-0.39, 0.29) is 18.7 Å². The molecular weight excluding hydrogens is 396 g/mol. The van der Waals surface area contributed by atoms with Crippen LogP contribution in [0.5, 0.6) is 0 Å². The second kappa shape index (κ2) is 9.17. The highest BCUT2D eigenvalue weighted by molar-refractivity contribution is 6.05. The molecule has 2 aliphatic heterocycles. The molecule has 31 heavy (non-hydrogen) atoms. The van der Waals surface area contributed by atoms with Crippen LogP contribution in [0.15, 0.2) is 30.5 Å². The molecule has 0 aliphatic carbocycles. The van der Waals surface area contributed by atoms with Gasteiger partial charge in [0.1, 0.15) is 5.82 Å². The first-order valence-electron chi connectivity index (χ1n) is 10.7. The number of carbonyl (C=O) groups is 1. The quantitative estimate of drug-likeness (QED) is 0.644. The highest BCUT2D eigenvalue weighted by Crippen LogP contribution is 2.31. The predicted octanol–water partition coefficient (Wildman–Crippen LogP) is 1.59. The SMILES string of the molecule is Cc1ccccc1N1Cc2cnc(NC3CCN(C[C@@H](O)CO)CC3)nc2N(C)C1=O. The lowest BCUT2D eigenvalue weighted by Gasteiger charge is -2.35. The Labute approximate surface area is 182 Å². The molecule has 1 fully saturated rings. The summed E-state index contributed by atoms with van der Waals surface area (Å²) in [5, 5.41) is 22.0. The molecule has 3 N–H and O–H groups in total. The maximum absolute atomic E-state index is 13.0. The van der Waals surface area contributed by atoms with Crippen molar-refractivity contribution >= 4 is 23.5 Å². The zero-order valence-electron chi connectivity index (χ0n) is 18.0. The number of aliphatic hydroxyl groups is 2. The lowest BCUT2D eigenvalue weighted by molar-refractivity contribution is 0.0522.